The first-order valence-electron chi connectivity index (χ1n) is 10.2. The summed E-state index contributed by atoms with van der Waals surface area (Å²) in [5.41, 5.74) is 2.24. The normalized spacial score (nSPS) is 11.1. The summed E-state index contributed by atoms with van der Waals surface area (Å²) < 4.78 is 7.40. The SMILES string of the molecule is CCCCn1cc(-c2cccc(NC(=O)c3cc4oc(NCCO)nc4nc3Cl)n2)cn1. The molecule has 0 radical (unpaired) electrons. The summed E-state index contributed by atoms with van der Waals surface area (Å²) in [4.78, 5) is 25.6. The number of aliphatic hydroxyl groups is 1. The molecular formula is C21H22ClN7O3. The van der Waals surface area contributed by atoms with Crippen LogP contribution in [0.5, 0.6) is 0 Å². The number of anilines is 2. The molecule has 0 saturated heterocycles. The molecule has 0 aliphatic rings. The van der Waals surface area contributed by atoms with Crippen molar-refractivity contribution in [1.29, 1.82) is 0 Å². The number of carbonyl (C=O) groups is 1. The van der Waals surface area contributed by atoms with Crippen LogP contribution in [-0.4, -0.2) is 48.9 Å². The van der Waals surface area contributed by atoms with Crippen molar-refractivity contribution in [3.63, 3.8) is 0 Å². The molecule has 4 heterocycles. The van der Waals surface area contributed by atoms with Crippen molar-refractivity contribution in [2.24, 2.45) is 0 Å². The molecule has 3 N–H and O–H groups in total. The third-order valence-electron chi connectivity index (χ3n) is 4.63. The van der Waals surface area contributed by atoms with Gasteiger partial charge in [0, 0.05) is 30.9 Å². The molecule has 10 nitrogen and oxygen atoms in total. The predicted octanol–water partition coefficient (Wildman–Crippen LogP) is 3.59. The van der Waals surface area contributed by atoms with Crippen LogP contribution in [0, 0.1) is 0 Å². The van der Waals surface area contributed by atoms with Crippen molar-refractivity contribution >= 4 is 40.6 Å². The van der Waals surface area contributed by atoms with Crippen LogP contribution in [-0.2, 0) is 6.54 Å². The molecule has 166 valence electrons. The lowest BCUT2D eigenvalue weighted by Crippen LogP contribution is -2.14. The number of aromatic nitrogens is 5. The Balaban J connectivity index is 1.52. The summed E-state index contributed by atoms with van der Waals surface area (Å²) in [6.07, 6.45) is 5.83. The molecule has 0 aliphatic carbocycles. The van der Waals surface area contributed by atoms with E-state index in [1.54, 1.807) is 18.3 Å². The molecule has 32 heavy (non-hydrogen) atoms. The number of nitrogens with one attached hydrogen (secondary N) is 2. The monoisotopic (exact) mass is 455 g/mol. The highest BCUT2D eigenvalue weighted by atomic mass is 35.5. The maximum absolute atomic E-state index is 12.8. The molecule has 0 fully saturated rings. The number of rotatable bonds is 9. The largest absolute Gasteiger partial charge is 0.422 e. The molecule has 1 amide bonds. The number of hydrogen-bond donors (Lipinski definition) is 3. The summed E-state index contributed by atoms with van der Waals surface area (Å²) in [5, 5.41) is 18.8. The minimum atomic E-state index is -0.478. The highest BCUT2D eigenvalue weighted by Crippen LogP contribution is 2.24. The Morgan fingerprint density at radius 3 is 2.97 bits per heavy atom. The van der Waals surface area contributed by atoms with Gasteiger partial charge in [-0.05, 0) is 18.6 Å². The van der Waals surface area contributed by atoms with Crippen LogP contribution in [0.4, 0.5) is 11.8 Å². The zero-order chi connectivity index (χ0) is 22.5. The van der Waals surface area contributed by atoms with E-state index < -0.39 is 5.91 Å². The van der Waals surface area contributed by atoms with E-state index in [4.69, 9.17) is 21.1 Å². The average molecular weight is 456 g/mol. The molecule has 0 saturated carbocycles. The summed E-state index contributed by atoms with van der Waals surface area (Å²) >= 11 is 6.20. The first-order chi connectivity index (χ1) is 15.6. The Kier molecular flexibility index (Phi) is 6.62. The van der Waals surface area contributed by atoms with E-state index >= 15 is 0 Å². The second kappa shape index (κ2) is 9.75. The Bertz CT molecular complexity index is 1240. The quantitative estimate of drug-likeness (QED) is 0.326. The van der Waals surface area contributed by atoms with Crippen LogP contribution < -0.4 is 10.6 Å². The first-order valence-corrected chi connectivity index (χ1v) is 10.6. The minimum Gasteiger partial charge on any atom is -0.422 e. The molecule has 0 bridgehead atoms. The number of unbranched alkanes of at least 4 members (excludes halogenated alkanes) is 1. The Hall–Kier alpha value is -3.50. The number of oxazole rings is 1. The van der Waals surface area contributed by atoms with E-state index in [-0.39, 0.29) is 35.5 Å². The Labute approximate surface area is 188 Å². The van der Waals surface area contributed by atoms with E-state index in [9.17, 15) is 4.79 Å². The number of aryl methyl sites for hydroxylation is 1. The summed E-state index contributed by atoms with van der Waals surface area (Å²) in [6.45, 7) is 3.17. The van der Waals surface area contributed by atoms with Crippen LogP contribution >= 0.6 is 11.6 Å². The predicted molar refractivity (Wildman–Crippen MR) is 121 cm³/mol. The third-order valence-corrected chi connectivity index (χ3v) is 4.92. The zero-order valence-corrected chi connectivity index (χ0v) is 18.1. The van der Waals surface area contributed by atoms with Gasteiger partial charge in [0.2, 0.25) is 5.65 Å². The zero-order valence-electron chi connectivity index (χ0n) is 17.4. The van der Waals surface area contributed by atoms with Gasteiger partial charge in [-0.15, -0.1) is 0 Å². The van der Waals surface area contributed by atoms with Gasteiger partial charge < -0.3 is 20.2 Å². The molecule has 11 heteroatoms. The van der Waals surface area contributed by atoms with Crippen molar-refractivity contribution in [3.8, 4) is 11.3 Å². The van der Waals surface area contributed by atoms with Crippen LogP contribution in [0.15, 0.2) is 41.1 Å². The maximum Gasteiger partial charge on any atom is 0.297 e. The molecule has 4 rings (SSSR count). The number of amides is 1. The molecule has 4 aromatic rings. The van der Waals surface area contributed by atoms with Gasteiger partial charge in [-0.3, -0.25) is 9.48 Å². The summed E-state index contributed by atoms with van der Waals surface area (Å²) in [7, 11) is 0. The third kappa shape index (κ3) is 4.87. The lowest BCUT2D eigenvalue weighted by atomic mass is 10.2. The molecule has 4 aromatic heterocycles. The molecule has 0 spiro atoms. The smallest absolute Gasteiger partial charge is 0.297 e. The van der Waals surface area contributed by atoms with Crippen molar-refractivity contribution in [3.05, 3.63) is 47.4 Å². The van der Waals surface area contributed by atoms with Gasteiger partial charge in [0.25, 0.3) is 11.9 Å². The standard InChI is InChI=1S/C21H22ClN7O3/c1-2-3-8-29-12-13(11-24-29)15-5-4-6-17(25-15)26-20(31)14-10-16-19(27-18(14)22)28-21(32-16)23-7-9-30/h4-6,10-12,30H,2-3,7-9H2,1H3,(H,23,27,28)(H,25,26,31). The lowest BCUT2D eigenvalue weighted by Gasteiger charge is -2.07. The van der Waals surface area contributed by atoms with Crippen LogP contribution in [0.3, 0.4) is 0 Å². The highest BCUT2D eigenvalue weighted by Gasteiger charge is 2.18. The van der Waals surface area contributed by atoms with Crippen LogP contribution in [0.1, 0.15) is 30.1 Å². The van der Waals surface area contributed by atoms with Gasteiger partial charge in [-0.1, -0.05) is 31.0 Å². The van der Waals surface area contributed by atoms with Gasteiger partial charge in [-0.2, -0.15) is 10.1 Å². The van der Waals surface area contributed by atoms with Gasteiger partial charge in [0.15, 0.2) is 5.58 Å². The van der Waals surface area contributed by atoms with Crippen molar-refractivity contribution < 1.29 is 14.3 Å². The van der Waals surface area contributed by atoms with Crippen molar-refractivity contribution in [2.45, 2.75) is 26.3 Å². The van der Waals surface area contributed by atoms with E-state index in [0.29, 0.717) is 17.1 Å². The fourth-order valence-corrected chi connectivity index (χ4v) is 3.25. The number of hydrogen-bond acceptors (Lipinski definition) is 8. The first kappa shape index (κ1) is 21.7. The van der Waals surface area contributed by atoms with Crippen LogP contribution in [0.2, 0.25) is 5.15 Å². The number of pyridine rings is 2. The second-order valence-electron chi connectivity index (χ2n) is 7.03. The Morgan fingerprint density at radius 2 is 2.16 bits per heavy atom. The molecular weight excluding hydrogens is 434 g/mol. The topological polar surface area (TPSA) is 131 Å². The van der Waals surface area contributed by atoms with Gasteiger partial charge in [-0.25, -0.2) is 9.97 Å². The number of fused-ring (bicyclic) bond motifs is 1. The van der Waals surface area contributed by atoms with Crippen molar-refractivity contribution in [2.75, 3.05) is 23.8 Å². The maximum atomic E-state index is 12.8. The van der Waals surface area contributed by atoms with Gasteiger partial charge in [0.1, 0.15) is 11.0 Å². The van der Waals surface area contributed by atoms with E-state index in [2.05, 4.69) is 37.6 Å². The average Bonchev–Trinajstić information content (AvgIpc) is 3.42. The minimum absolute atomic E-state index is 0.00892. The number of carbonyl (C=O) groups excluding carboxylic acids is 1. The van der Waals surface area contributed by atoms with Crippen LogP contribution in [0.25, 0.3) is 22.5 Å². The number of halogens is 1. The summed E-state index contributed by atoms with van der Waals surface area (Å²) in [6, 6.07) is 7.00. The fourth-order valence-electron chi connectivity index (χ4n) is 3.03. The van der Waals surface area contributed by atoms with Gasteiger partial charge >= 0.3 is 0 Å². The highest BCUT2D eigenvalue weighted by molar-refractivity contribution is 6.33. The molecule has 0 unspecified atom stereocenters. The Morgan fingerprint density at radius 1 is 1.28 bits per heavy atom. The van der Waals surface area contributed by atoms with Gasteiger partial charge in [0.05, 0.1) is 24.1 Å². The number of nitrogens with zero attached hydrogens (tertiary/aromatic N) is 5. The molecule has 0 atom stereocenters. The summed E-state index contributed by atoms with van der Waals surface area (Å²) in [5.74, 6) is -0.109. The molecule has 0 aliphatic heterocycles. The fraction of sp³-hybridized carbons (Fsp3) is 0.286. The second-order valence-corrected chi connectivity index (χ2v) is 7.38. The van der Waals surface area contributed by atoms with E-state index in [1.807, 2.05) is 16.9 Å². The van der Waals surface area contributed by atoms with Crippen molar-refractivity contribution in [1.82, 2.24) is 24.7 Å². The number of aliphatic hydroxyl groups excluding tert-OH is 1. The van der Waals surface area contributed by atoms with E-state index in [0.717, 1.165) is 24.9 Å². The molecule has 0 aromatic carbocycles. The lowest BCUT2D eigenvalue weighted by molar-refractivity contribution is 0.102. The van der Waals surface area contributed by atoms with E-state index in [1.165, 1.54) is 6.07 Å².